The van der Waals surface area contributed by atoms with Gasteiger partial charge in [-0.05, 0) is 37.3 Å². The van der Waals surface area contributed by atoms with Crippen molar-refractivity contribution in [2.24, 2.45) is 0 Å². The number of hydrogen-bond donors (Lipinski definition) is 3. The van der Waals surface area contributed by atoms with Crippen molar-refractivity contribution in [1.82, 2.24) is 14.8 Å². The maximum Gasteiger partial charge on any atom is 0.325 e. The summed E-state index contributed by atoms with van der Waals surface area (Å²) in [5.41, 5.74) is 3.84. The van der Waals surface area contributed by atoms with Gasteiger partial charge in [0.15, 0.2) is 0 Å². The van der Waals surface area contributed by atoms with Crippen LogP contribution in [-0.4, -0.2) is 64.5 Å². The summed E-state index contributed by atoms with van der Waals surface area (Å²) < 4.78 is 0. The molecule has 1 fully saturated rings. The third kappa shape index (κ3) is 4.74. The fourth-order valence-corrected chi connectivity index (χ4v) is 4.29. The molecule has 1 unspecified atom stereocenters. The van der Waals surface area contributed by atoms with Crippen LogP contribution < -0.4 is 5.32 Å². The average molecular weight is 433 g/mol. The number of carbonyl (C=O) groups excluding carboxylic acids is 1. The summed E-state index contributed by atoms with van der Waals surface area (Å²) in [5, 5.41) is 13.8. The summed E-state index contributed by atoms with van der Waals surface area (Å²) in [6.45, 7) is 9.76. The van der Waals surface area contributed by atoms with Crippen LogP contribution in [0, 0.1) is 0 Å². The summed E-state index contributed by atoms with van der Waals surface area (Å²) in [7, 11) is 0. The zero-order chi connectivity index (χ0) is 22.7. The molecule has 1 amide bonds. The van der Waals surface area contributed by atoms with Gasteiger partial charge in [0, 0.05) is 66.6 Å². The molecule has 4 rings (SSSR count). The van der Waals surface area contributed by atoms with Crippen LogP contribution in [0.25, 0.3) is 10.9 Å². The third-order valence-corrected chi connectivity index (χ3v) is 5.80. The third-order valence-electron chi connectivity index (χ3n) is 5.80. The first-order valence-electron chi connectivity index (χ1n) is 10.7. The zero-order valence-corrected chi connectivity index (χ0v) is 18.2. The number of nitrogens with zero attached hydrogens (tertiary/aromatic N) is 2. The van der Waals surface area contributed by atoms with Crippen LogP contribution >= 0.6 is 0 Å². The number of hydrogen-bond acceptors (Lipinski definition) is 4. The Balaban J connectivity index is 1.57. The molecule has 2 heterocycles. The quantitative estimate of drug-likeness (QED) is 0.495. The fourth-order valence-electron chi connectivity index (χ4n) is 4.29. The highest BCUT2D eigenvalue weighted by molar-refractivity contribution is 6.05. The molecule has 0 saturated carbocycles. The number of H-pyrrole nitrogens is 1. The second-order valence-electron chi connectivity index (χ2n) is 8.33. The number of piperazine rings is 1. The molecule has 3 aromatic rings. The summed E-state index contributed by atoms with van der Waals surface area (Å²) in [6.07, 6.45) is 1.77. The van der Waals surface area contributed by atoms with Crippen LogP contribution in [0.15, 0.2) is 66.9 Å². The van der Waals surface area contributed by atoms with Crippen molar-refractivity contribution < 1.29 is 14.7 Å². The molecule has 1 atom stereocenters. The van der Waals surface area contributed by atoms with Gasteiger partial charge in [-0.2, -0.15) is 0 Å². The van der Waals surface area contributed by atoms with E-state index >= 15 is 0 Å². The van der Waals surface area contributed by atoms with E-state index in [0.717, 1.165) is 36.1 Å². The average Bonchev–Trinajstić information content (AvgIpc) is 3.18. The van der Waals surface area contributed by atoms with Crippen molar-refractivity contribution in [2.45, 2.75) is 13.0 Å². The van der Waals surface area contributed by atoms with E-state index in [4.69, 9.17) is 0 Å². The lowest BCUT2D eigenvalue weighted by Gasteiger charge is -2.37. The number of aromatic amines is 1. The zero-order valence-electron chi connectivity index (χ0n) is 18.2. The van der Waals surface area contributed by atoms with Crippen molar-refractivity contribution >= 4 is 28.5 Å². The van der Waals surface area contributed by atoms with E-state index in [0.29, 0.717) is 29.9 Å². The van der Waals surface area contributed by atoms with Gasteiger partial charge in [0.2, 0.25) is 0 Å². The Morgan fingerprint density at radius 1 is 1.12 bits per heavy atom. The Kier molecular flexibility index (Phi) is 6.39. The molecule has 0 aliphatic carbocycles. The van der Waals surface area contributed by atoms with Gasteiger partial charge in [0.1, 0.15) is 6.04 Å². The molecule has 3 N–H and O–H groups in total. The SMILES string of the molecule is C=C(C)CN1CCN(C(C(=O)O)c2c[nH]c3ccc(NC(=O)c4ccccc4)cc23)CC1. The van der Waals surface area contributed by atoms with E-state index in [-0.39, 0.29) is 5.91 Å². The lowest BCUT2D eigenvalue weighted by molar-refractivity contribution is -0.144. The molecule has 1 aliphatic heterocycles. The Morgan fingerprint density at radius 2 is 1.84 bits per heavy atom. The first-order chi connectivity index (χ1) is 15.4. The van der Waals surface area contributed by atoms with Gasteiger partial charge in [0.25, 0.3) is 5.91 Å². The minimum atomic E-state index is -0.877. The summed E-state index contributed by atoms with van der Waals surface area (Å²) >= 11 is 0. The summed E-state index contributed by atoms with van der Waals surface area (Å²) in [5.74, 6) is -1.08. The molecule has 7 nitrogen and oxygen atoms in total. The van der Waals surface area contributed by atoms with E-state index in [1.54, 1.807) is 18.3 Å². The van der Waals surface area contributed by atoms with Crippen LogP contribution in [0.1, 0.15) is 28.9 Å². The van der Waals surface area contributed by atoms with Gasteiger partial charge >= 0.3 is 5.97 Å². The van der Waals surface area contributed by atoms with Crippen LogP contribution in [0.4, 0.5) is 5.69 Å². The van der Waals surface area contributed by atoms with Gasteiger partial charge in [-0.3, -0.25) is 19.4 Å². The molecule has 2 aromatic carbocycles. The number of benzene rings is 2. The summed E-state index contributed by atoms with van der Waals surface area (Å²) in [6, 6.07) is 13.8. The fraction of sp³-hybridized carbons (Fsp3) is 0.280. The molecule has 1 aromatic heterocycles. The number of nitrogens with one attached hydrogen (secondary N) is 2. The van der Waals surface area contributed by atoms with E-state index < -0.39 is 12.0 Å². The molecular weight excluding hydrogens is 404 g/mol. The second kappa shape index (κ2) is 9.38. The van der Waals surface area contributed by atoms with Gasteiger partial charge in [-0.25, -0.2) is 0 Å². The molecule has 7 heteroatoms. The minimum Gasteiger partial charge on any atom is -0.480 e. The minimum absolute atomic E-state index is 0.203. The van der Waals surface area contributed by atoms with Crippen LogP contribution in [0.5, 0.6) is 0 Å². The number of aromatic nitrogens is 1. The highest BCUT2D eigenvalue weighted by Crippen LogP contribution is 2.31. The van der Waals surface area contributed by atoms with Crippen molar-refractivity contribution in [2.75, 3.05) is 38.0 Å². The Labute approximate surface area is 187 Å². The Morgan fingerprint density at radius 3 is 2.50 bits per heavy atom. The smallest absolute Gasteiger partial charge is 0.325 e. The topological polar surface area (TPSA) is 88.7 Å². The number of aliphatic carboxylic acids is 1. The van der Waals surface area contributed by atoms with Gasteiger partial charge in [-0.1, -0.05) is 30.4 Å². The molecule has 0 spiro atoms. The molecule has 32 heavy (non-hydrogen) atoms. The van der Waals surface area contributed by atoms with Crippen LogP contribution in [0.3, 0.4) is 0 Å². The van der Waals surface area contributed by atoms with Crippen molar-refractivity contribution in [1.29, 1.82) is 0 Å². The van der Waals surface area contributed by atoms with Crippen LogP contribution in [0.2, 0.25) is 0 Å². The predicted octanol–water partition coefficient (Wildman–Crippen LogP) is 3.74. The van der Waals surface area contributed by atoms with E-state index in [2.05, 4.69) is 21.8 Å². The van der Waals surface area contributed by atoms with E-state index in [1.807, 2.05) is 48.2 Å². The molecule has 1 aliphatic rings. The lowest BCUT2D eigenvalue weighted by Crippen LogP contribution is -2.49. The maximum atomic E-state index is 12.5. The van der Waals surface area contributed by atoms with Crippen molar-refractivity contribution in [3.8, 4) is 0 Å². The maximum absolute atomic E-state index is 12.5. The van der Waals surface area contributed by atoms with Crippen LogP contribution in [-0.2, 0) is 4.79 Å². The van der Waals surface area contributed by atoms with Gasteiger partial charge in [-0.15, -0.1) is 0 Å². The first kappa shape index (κ1) is 21.8. The largest absolute Gasteiger partial charge is 0.480 e. The van der Waals surface area contributed by atoms with Gasteiger partial charge in [0.05, 0.1) is 0 Å². The standard InChI is InChI=1S/C25H28N4O3/c1-17(2)16-28-10-12-29(13-11-28)23(25(31)32)21-15-26-22-9-8-19(14-20(21)22)27-24(30)18-6-4-3-5-7-18/h3-9,14-15,23,26H,1,10-13,16H2,2H3,(H,27,30)(H,31,32). The Hall–Kier alpha value is -3.42. The van der Waals surface area contributed by atoms with Crippen molar-refractivity contribution in [3.63, 3.8) is 0 Å². The first-order valence-corrected chi connectivity index (χ1v) is 10.7. The molecule has 1 saturated heterocycles. The normalized spacial score (nSPS) is 16.0. The number of anilines is 1. The number of carbonyl (C=O) groups is 2. The lowest BCUT2D eigenvalue weighted by atomic mass is 10.0. The molecule has 0 radical (unpaired) electrons. The highest BCUT2D eigenvalue weighted by atomic mass is 16.4. The second-order valence-corrected chi connectivity index (χ2v) is 8.33. The number of rotatable bonds is 7. The molecular formula is C25H28N4O3. The number of fused-ring (bicyclic) bond motifs is 1. The summed E-state index contributed by atoms with van der Waals surface area (Å²) in [4.78, 5) is 32.3. The highest BCUT2D eigenvalue weighted by Gasteiger charge is 2.32. The monoisotopic (exact) mass is 432 g/mol. The number of carboxylic acids is 1. The Bertz CT molecular complexity index is 1130. The number of amides is 1. The molecule has 0 bridgehead atoms. The van der Waals surface area contributed by atoms with E-state index in [1.165, 1.54) is 0 Å². The predicted molar refractivity (Wildman–Crippen MR) is 126 cm³/mol. The van der Waals surface area contributed by atoms with E-state index in [9.17, 15) is 14.7 Å². The number of carboxylic acid groups (broad SMARTS) is 1. The van der Waals surface area contributed by atoms with Gasteiger partial charge < -0.3 is 15.4 Å². The van der Waals surface area contributed by atoms with Crippen molar-refractivity contribution in [3.05, 3.63) is 78.0 Å². The molecule has 166 valence electrons.